The Morgan fingerprint density at radius 1 is 1.08 bits per heavy atom. The molecule has 0 aliphatic heterocycles. The van der Waals surface area contributed by atoms with Crippen molar-refractivity contribution in [2.45, 2.75) is 123 Å². The lowest BCUT2D eigenvalue weighted by Gasteiger charge is -2.40. The van der Waals surface area contributed by atoms with E-state index in [1.807, 2.05) is 37.3 Å². The number of hydrogen-bond donors (Lipinski definition) is 1. The zero-order valence-corrected chi connectivity index (χ0v) is 25.8. The number of allylic oxidation sites excluding steroid dienone is 1. The van der Waals surface area contributed by atoms with Crippen molar-refractivity contribution in [1.29, 1.82) is 0 Å². The van der Waals surface area contributed by atoms with Crippen LogP contribution < -0.4 is 4.74 Å². The van der Waals surface area contributed by atoms with Gasteiger partial charge in [-0.3, -0.25) is 0 Å². The number of methoxy groups -OCH3 is 1. The smallest absolute Gasteiger partial charge is 0.192 e. The van der Waals surface area contributed by atoms with E-state index in [2.05, 4.69) is 67.3 Å². The summed E-state index contributed by atoms with van der Waals surface area (Å²) in [6.45, 7) is 24.6. The van der Waals surface area contributed by atoms with E-state index >= 15 is 0 Å². The molecule has 1 unspecified atom stereocenters. The van der Waals surface area contributed by atoms with Crippen LogP contribution in [-0.4, -0.2) is 38.3 Å². The van der Waals surface area contributed by atoms with E-state index in [0.717, 1.165) is 42.6 Å². The first-order valence-electron chi connectivity index (χ1n) is 13.5. The van der Waals surface area contributed by atoms with Gasteiger partial charge in [0.05, 0.1) is 25.4 Å². The molecule has 1 rings (SSSR count). The minimum absolute atomic E-state index is 0.222. The number of aliphatic hydroxyl groups is 1. The lowest BCUT2D eigenvalue weighted by molar-refractivity contribution is -0.0525. The third-order valence-electron chi connectivity index (χ3n) is 7.97. The summed E-state index contributed by atoms with van der Waals surface area (Å²) in [5.41, 5.74) is 1.77. The monoisotopic (exact) mass is 518 g/mol. The number of hydrogen-bond acceptors (Lipinski definition) is 4. The zero-order valence-electron chi connectivity index (χ0n) is 24.8. The highest BCUT2D eigenvalue weighted by Crippen LogP contribution is 2.38. The molecule has 4 atom stereocenters. The first kappa shape index (κ1) is 32.6. The maximum absolute atomic E-state index is 10.8. The van der Waals surface area contributed by atoms with Crippen molar-refractivity contribution in [3.63, 3.8) is 0 Å². The Balaban J connectivity index is 2.57. The molecule has 0 aromatic heterocycles. The topological polar surface area (TPSA) is 47.9 Å². The van der Waals surface area contributed by atoms with Crippen LogP contribution in [0.5, 0.6) is 5.75 Å². The summed E-state index contributed by atoms with van der Waals surface area (Å²) in [6, 6.07) is 7.94. The van der Waals surface area contributed by atoms with Crippen molar-refractivity contribution in [2.24, 2.45) is 5.92 Å². The molecule has 36 heavy (non-hydrogen) atoms. The Kier molecular flexibility index (Phi) is 13.2. The second-order valence-electron chi connectivity index (χ2n) is 12.2. The summed E-state index contributed by atoms with van der Waals surface area (Å²) < 4.78 is 18.1. The van der Waals surface area contributed by atoms with Gasteiger partial charge in [-0.1, -0.05) is 52.0 Å². The quantitative estimate of drug-likeness (QED) is 0.176. The van der Waals surface area contributed by atoms with Crippen molar-refractivity contribution >= 4 is 8.32 Å². The first-order chi connectivity index (χ1) is 16.6. The fraction of sp³-hybridized carbons (Fsp3) is 0.677. The van der Waals surface area contributed by atoms with Crippen molar-refractivity contribution < 1.29 is 19.0 Å². The highest BCUT2D eigenvalue weighted by Gasteiger charge is 2.39. The molecule has 0 spiro atoms. The van der Waals surface area contributed by atoms with Gasteiger partial charge < -0.3 is 19.0 Å². The van der Waals surface area contributed by atoms with E-state index in [0.29, 0.717) is 18.9 Å². The van der Waals surface area contributed by atoms with E-state index in [1.165, 1.54) is 0 Å². The van der Waals surface area contributed by atoms with Gasteiger partial charge in [0.2, 0.25) is 0 Å². The maximum Gasteiger partial charge on any atom is 0.192 e. The maximum atomic E-state index is 10.8. The molecule has 0 aliphatic rings. The number of aliphatic hydroxyl groups excluding tert-OH is 1. The van der Waals surface area contributed by atoms with Crippen LogP contribution in [0.3, 0.4) is 0 Å². The average Bonchev–Trinajstić information content (AvgIpc) is 2.80. The minimum atomic E-state index is -1.76. The third-order valence-corrected chi connectivity index (χ3v) is 12.5. The minimum Gasteiger partial charge on any atom is -0.497 e. The Morgan fingerprint density at radius 2 is 1.69 bits per heavy atom. The van der Waals surface area contributed by atoms with E-state index in [-0.39, 0.29) is 16.7 Å². The Bertz CT molecular complexity index is 809. The lowest BCUT2D eigenvalue weighted by atomic mass is 9.91. The normalized spacial score (nSPS) is 17.2. The predicted molar refractivity (Wildman–Crippen MR) is 156 cm³/mol. The van der Waals surface area contributed by atoms with Crippen molar-refractivity contribution in [3.8, 4) is 5.75 Å². The van der Waals surface area contributed by atoms with Gasteiger partial charge in [-0.25, -0.2) is 0 Å². The summed E-state index contributed by atoms with van der Waals surface area (Å²) in [4.78, 5) is 0. The highest BCUT2D eigenvalue weighted by atomic mass is 28.4. The molecule has 0 saturated heterocycles. The molecule has 0 radical (unpaired) electrons. The summed E-state index contributed by atoms with van der Waals surface area (Å²) in [5, 5.41) is 11.0. The molecular weight excluding hydrogens is 464 g/mol. The van der Waals surface area contributed by atoms with Crippen LogP contribution in [-0.2, 0) is 15.8 Å². The van der Waals surface area contributed by atoms with Gasteiger partial charge in [0.15, 0.2) is 8.32 Å². The molecule has 0 fully saturated rings. The van der Waals surface area contributed by atoms with Crippen LogP contribution >= 0.6 is 0 Å². The molecule has 1 N–H and O–H groups in total. The van der Waals surface area contributed by atoms with Gasteiger partial charge in [-0.15, -0.1) is 6.58 Å². The van der Waals surface area contributed by atoms with Crippen LogP contribution in [0, 0.1) is 5.92 Å². The standard InChI is InChI=1S/C31H54O4Si/c1-12-21-31(8,34-23-27-16-18-28(33-9)19-17-27)22-20-29(32)25(3)15-13-14-24(2)26(4)35-36(10,11)30(5,6)7/h12,15-19,24,26,29,32H,1,13-14,20-23H2,2-11H3/b25-15+/t24-,26+,29?,31-/m0/s1. The van der Waals surface area contributed by atoms with Gasteiger partial charge in [0, 0.05) is 6.10 Å². The van der Waals surface area contributed by atoms with Crippen LogP contribution in [0.25, 0.3) is 0 Å². The highest BCUT2D eigenvalue weighted by molar-refractivity contribution is 6.74. The molecule has 5 heteroatoms. The molecule has 0 amide bonds. The van der Waals surface area contributed by atoms with Crippen LogP contribution in [0.4, 0.5) is 0 Å². The Hall–Kier alpha value is -1.40. The predicted octanol–water partition coefficient (Wildman–Crippen LogP) is 8.46. The van der Waals surface area contributed by atoms with Gasteiger partial charge in [0.25, 0.3) is 0 Å². The van der Waals surface area contributed by atoms with Crippen LogP contribution in [0.2, 0.25) is 18.1 Å². The van der Waals surface area contributed by atoms with Crippen molar-refractivity contribution in [1.82, 2.24) is 0 Å². The molecule has 0 heterocycles. The molecule has 1 aromatic rings. The SMILES string of the molecule is C=CC[C@@](C)(CCC(O)/C(C)=C/CC[C@H](C)[C@@H](C)O[Si](C)(C)C(C)(C)C)OCc1ccc(OC)cc1. The number of rotatable bonds is 16. The third kappa shape index (κ3) is 10.9. The molecule has 0 bridgehead atoms. The Labute approximate surface area is 223 Å². The van der Waals surface area contributed by atoms with Gasteiger partial charge in [0.1, 0.15) is 5.75 Å². The summed E-state index contributed by atoms with van der Waals surface area (Å²) in [5.74, 6) is 1.31. The summed E-state index contributed by atoms with van der Waals surface area (Å²) >= 11 is 0. The van der Waals surface area contributed by atoms with Gasteiger partial charge in [-0.05, 0) is 100 Å². The summed E-state index contributed by atoms with van der Waals surface area (Å²) in [6.07, 6.45) is 8.04. The number of ether oxygens (including phenoxy) is 2. The van der Waals surface area contributed by atoms with Crippen LogP contribution in [0.1, 0.15) is 86.1 Å². The van der Waals surface area contributed by atoms with Gasteiger partial charge in [-0.2, -0.15) is 0 Å². The first-order valence-corrected chi connectivity index (χ1v) is 16.5. The molecule has 206 valence electrons. The molecular formula is C31H54O4Si. The average molecular weight is 519 g/mol. The van der Waals surface area contributed by atoms with Gasteiger partial charge >= 0.3 is 0 Å². The van der Waals surface area contributed by atoms with E-state index in [1.54, 1.807) is 7.11 Å². The Morgan fingerprint density at radius 3 is 2.22 bits per heavy atom. The lowest BCUT2D eigenvalue weighted by Crippen LogP contribution is -2.44. The van der Waals surface area contributed by atoms with Crippen LogP contribution in [0.15, 0.2) is 48.6 Å². The summed E-state index contributed by atoms with van der Waals surface area (Å²) in [7, 11) is -0.0915. The largest absolute Gasteiger partial charge is 0.497 e. The zero-order chi connectivity index (χ0) is 27.6. The molecule has 0 aliphatic carbocycles. The van der Waals surface area contributed by atoms with E-state index in [9.17, 15) is 5.11 Å². The molecule has 0 saturated carbocycles. The van der Waals surface area contributed by atoms with E-state index in [4.69, 9.17) is 13.9 Å². The molecule has 1 aromatic carbocycles. The second kappa shape index (κ2) is 14.5. The fourth-order valence-corrected chi connectivity index (χ4v) is 5.41. The van der Waals surface area contributed by atoms with Crippen molar-refractivity contribution in [3.05, 3.63) is 54.1 Å². The second-order valence-corrected chi connectivity index (χ2v) is 17.0. The number of benzene rings is 1. The molecule has 4 nitrogen and oxygen atoms in total. The van der Waals surface area contributed by atoms with E-state index < -0.39 is 14.4 Å². The van der Waals surface area contributed by atoms with Crippen molar-refractivity contribution in [2.75, 3.05) is 7.11 Å². The fourth-order valence-electron chi connectivity index (χ4n) is 3.89.